The summed E-state index contributed by atoms with van der Waals surface area (Å²) < 4.78 is 0. The Morgan fingerprint density at radius 2 is 1.77 bits per heavy atom. The van der Waals surface area contributed by atoms with Gasteiger partial charge in [0, 0.05) is 37.2 Å². The number of nitriles is 1. The third-order valence-corrected chi connectivity index (χ3v) is 7.33. The monoisotopic (exact) mass is 413 g/mol. The Kier molecular flexibility index (Phi) is 5.23. The second kappa shape index (κ2) is 8.19. The zero-order valence-corrected chi connectivity index (χ0v) is 17.6. The fourth-order valence-corrected chi connectivity index (χ4v) is 5.93. The van der Waals surface area contributed by atoms with Gasteiger partial charge in [0.1, 0.15) is 0 Å². The van der Waals surface area contributed by atoms with Crippen LogP contribution in [0.1, 0.15) is 47.2 Å². The maximum Gasteiger partial charge on any atom is 0.253 e. The highest BCUT2D eigenvalue weighted by Gasteiger charge is 2.49. The SMILES string of the molecule is N#Cc1ccc(C(=O)N2C[C@H]3C[C@@H](C2)[C@H](Cc2ccccc2)N2C(=O)CCC[C@@H]32)cc1. The standard InChI is InChI=1S/C26H27N3O2/c27-15-19-9-11-20(12-10-19)26(31)28-16-21-14-22(17-28)24(13-18-5-2-1-3-6-18)29-23(21)7-4-8-25(29)30/h1-3,5-6,9-12,21-24H,4,7-8,13-14,16-17H2/t21-,22+,23+,24+/m1/s1. The van der Waals surface area contributed by atoms with Crippen molar-refractivity contribution in [1.29, 1.82) is 5.26 Å². The average molecular weight is 414 g/mol. The quantitative estimate of drug-likeness (QED) is 0.772. The van der Waals surface area contributed by atoms with E-state index in [1.807, 2.05) is 11.0 Å². The van der Waals surface area contributed by atoms with Gasteiger partial charge in [-0.05, 0) is 67.3 Å². The Morgan fingerprint density at radius 1 is 1.03 bits per heavy atom. The second-order valence-corrected chi connectivity index (χ2v) is 9.17. The Hall–Kier alpha value is -3.13. The predicted molar refractivity (Wildman–Crippen MR) is 117 cm³/mol. The van der Waals surface area contributed by atoms with E-state index >= 15 is 0 Å². The van der Waals surface area contributed by atoms with Crippen molar-refractivity contribution >= 4 is 11.8 Å². The van der Waals surface area contributed by atoms with Crippen LogP contribution in [0.4, 0.5) is 0 Å². The van der Waals surface area contributed by atoms with E-state index in [2.05, 4.69) is 35.2 Å². The van der Waals surface area contributed by atoms with Crippen molar-refractivity contribution in [3.8, 4) is 6.07 Å². The number of amides is 2. The number of benzene rings is 2. The van der Waals surface area contributed by atoms with Gasteiger partial charge in [0.2, 0.25) is 5.91 Å². The average Bonchev–Trinajstić information content (AvgIpc) is 2.82. The Balaban J connectivity index is 1.42. The van der Waals surface area contributed by atoms with Crippen LogP contribution < -0.4 is 0 Å². The van der Waals surface area contributed by atoms with Crippen LogP contribution in [0.3, 0.4) is 0 Å². The minimum Gasteiger partial charge on any atom is -0.338 e. The fraction of sp³-hybridized carbons (Fsp3) is 0.423. The first-order chi connectivity index (χ1) is 15.1. The molecule has 0 aromatic heterocycles. The molecule has 5 heteroatoms. The van der Waals surface area contributed by atoms with Crippen molar-refractivity contribution in [2.45, 2.75) is 44.2 Å². The van der Waals surface area contributed by atoms with Gasteiger partial charge in [0.15, 0.2) is 0 Å². The fourth-order valence-electron chi connectivity index (χ4n) is 5.93. The molecule has 0 unspecified atom stereocenters. The molecule has 0 spiro atoms. The van der Waals surface area contributed by atoms with Gasteiger partial charge in [0.05, 0.1) is 11.6 Å². The lowest BCUT2D eigenvalue weighted by molar-refractivity contribution is -0.151. The summed E-state index contributed by atoms with van der Waals surface area (Å²) in [6.07, 6.45) is 4.56. The summed E-state index contributed by atoms with van der Waals surface area (Å²) in [7, 11) is 0. The van der Waals surface area contributed by atoms with E-state index in [1.165, 1.54) is 5.56 Å². The van der Waals surface area contributed by atoms with E-state index in [1.54, 1.807) is 24.3 Å². The van der Waals surface area contributed by atoms with Gasteiger partial charge in [-0.2, -0.15) is 5.26 Å². The van der Waals surface area contributed by atoms with Crippen molar-refractivity contribution in [3.05, 3.63) is 71.3 Å². The smallest absolute Gasteiger partial charge is 0.253 e. The molecule has 5 rings (SSSR count). The van der Waals surface area contributed by atoms with E-state index < -0.39 is 0 Å². The van der Waals surface area contributed by atoms with E-state index in [9.17, 15) is 9.59 Å². The highest BCUT2D eigenvalue weighted by atomic mass is 16.2. The summed E-state index contributed by atoms with van der Waals surface area (Å²) in [5.41, 5.74) is 2.44. The molecule has 3 saturated heterocycles. The van der Waals surface area contributed by atoms with Crippen molar-refractivity contribution in [3.63, 3.8) is 0 Å². The van der Waals surface area contributed by atoms with Gasteiger partial charge < -0.3 is 9.80 Å². The van der Waals surface area contributed by atoms with Crippen molar-refractivity contribution in [2.75, 3.05) is 13.1 Å². The molecule has 5 nitrogen and oxygen atoms in total. The summed E-state index contributed by atoms with van der Waals surface area (Å²) >= 11 is 0. The van der Waals surface area contributed by atoms with Gasteiger partial charge >= 0.3 is 0 Å². The lowest BCUT2D eigenvalue weighted by Gasteiger charge is -2.56. The van der Waals surface area contributed by atoms with E-state index in [4.69, 9.17) is 5.26 Å². The molecule has 158 valence electrons. The maximum atomic E-state index is 13.3. The van der Waals surface area contributed by atoms with Gasteiger partial charge in [-0.1, -0.05) is 30.3 Å². The van der Waals surface area contributed by atoms with Crippen LogP contribution in [-0.4, -0.2) is 46.8 Å². The number of likely N-dealkylation sites (tertiary alicyclic amines) is 1. The van der Waals surface area contributed by atoms with Gasteiger partial charge in [0.25, 0.3) is 5.91 Å². The van der Waals surface area contributed by atoms with Crippen molar-refractivity contribution in [2.24, 2.45) is 11.8 Å². The van der Waals surface area contributed by atoms with E-state index in [0.29, 0.717) is 48.4 Å². The first-order valence-electron chi connectivity index (χ1n) is 11.3. The first kappa shape index (κ1) is 19.8. The summed E-state index contributed by atoms with van der Waals surface area (Å²) in [5, 5.41) is 9.03. The molecule has 0 radical (unpaired) electrons. The molecule has 3 heterocycles. The zero-order chi connectivity index (χ0) is 21.4. The van der Waals surface area contributed by atoms with Crippen LogP contribution >= 0.6 is 0 Å². The number of carbonyl (C=O) groups excluding carboxylic acids is 2. The van der Waals surface area contributed by atoms with Gasteiger partial charge in [-0.3, -0.25) is 9.59 Å². The molecule has 3 aliphatic rings. The zero-order valence-electron chi connectivity index (χ0n) is 17.6. The van der Waals surface area contributed by atoms with E-state index in [-0.39, 0.29) is 18.0 Å². The number of carbonyl (C=O) groups is 2. The summed E-state index contributed by atoms with van der Waals surface area (Å²) in [5.74, 6) is 0.962. The van der Waals surface area contributed by atoms with Crippen molar-refractivity contribution in [1.82, 2.24) is 9.80 Å². The largest absolute Gasteiger partial charge is 0.338 e. The molecule has 2 amide bonds. The van der Waals surface area contributed by atoms with Crippen LogP contribution in [0.15, 0.2) is 54.6 Å². The Bertz CT molecular complexity index is 1010. The number of piperidine rings is 3. The highest BCUT2D eigenvalue weighted by molar-refractivity contribution is 5.94. The molecule has 0 N–H and O–H groups in total. The summed E-state index contributed by atoms with van der Waals surface area (Å²) in [4.78, 5) is 30.5. The molecule has 2 aromatic rings. The molecule has 3 aliphatic heterocycles. The molecular weight excluding hydrogens is 386 g/mol. The lowest BCUT2D eigenvalue weighted by atomic mass is 9.70. The van der Waals surface area contributed by atoms with E-state index in [0.717, 1.165) is 25.7 Å². The maximum absolute atomic E-state index is 13.3. The number of hydrogen-bond donors (Lipinski definition) is 0. The minimum atomic E-state index is 0.0354. The molecule has 0 aliphatic carbocycles. The van der Waals surface area contributed by atoms with Crippen LogP contribution in [-0.2, 0) is 11.2 Å². The lowest BCUT2D eigenvalue weighted by Crippen LogP contribution is -2.66. The Morgan fingerprint density at radius 3 is 2.52 bits per heavy atom. The summed E-state index contributed by atoms with van der Waals surface area (Å²) in [6.45, 7) is 1.39. The molecular formula is C26H27N3O2. The molecule has 3 fully saturated rings. The van der Waals surface area contributed by atoms with Crippen LogP contribution in [0.5, 0.6) is 0 Å². The van der Waals surface area contributed by atoms with Crippen LogP contribution in [0.2, 0.25) is 0 Å². The third-order valence-electron chi connectivity index (χ3n) is 7.33. The predicted octanol–water partition coefficient (Wildman–Crippen LogP) is 3.64. The van der Waals surface area contributed by atoms with Crippen molar-refractivity contribution < 1.29 is 9.59 Å². The third kappa shape index (κ3) is 3.72. The Labute approximate surface area is 183 Å². The number of rotatable bonds is 3. The number of fused-ring (bicyclic) bond motifs is 4. The highest BCUT2D eigenvalue weighted by Crippen LogP contribution is 2.42. The van der Waals surface area contributed by atoms with Crippen LogP contribution in [0, 0.1) is 23.2 Å². The topological polar surface area (TPSA) is 64.4 Å². The second-order valence-electron chi connectivity index (χ2n) is 9.17. The van der Waals surface area contributed by atoms with Gasteiger partial charge in [-0.15, -0.1) is 0 Å². The molecule has 2 bridgehead atoms. The van der Waals surface area contributed by atoms with Gasteiger partial charge in [-0.25, -0.2) is 0 Å². The minimum absolute atomic E-state index is 0.0354. The first-order valence-corrected chi connectivity index (χ1v) is 11.3. The molecule has 4 atom stereocenters. The molecule has 31 heavy (non-hydrogen) atoms. The van der Waals surface area contributed by atoms with Crippen LogP contribution in [0.25, 0.3) is 0 Å². The molecule has 2 aromatic carbocycles. The number of hydrogen-bond acceptors (Lipinski definition) is 3. The normalized spacial score (nSPS) is 27.4. The number of nitrogens with zero attached hydrogens (tertiary/aromatic N) is 3. The summed E-state index contributed by atoms with van der Waals surface area (Å²) in [6, 6.07) is 19.8. The molecule has 0 saturated carbocycles.